The molecule has 3 aromatic rings. The molecular weight excluding hydrogens is 266 g/mol. The molecule has 0 saturated heterocycles. The van der Waals surface area contributed by atoms with Gasteiger partial charge in [-0.25, -0.2) is 0 Å². The number of pyridine rings is 1. The van der Waals surface area contributed by atoms with Crippen molar-refractivity contribution in [3.05, 3.63) is 75.5 Å². The number of aryl methyl sites for hydroxylation is 2. The van der Waals surface area contributed by atoms with Gasteiger partial charge in [0.25, 0.3) is 5.56 Å². The molecule has 20 heavy (non-hydrogen) atoms. The Balaban J connectivity index is 2.17. The molecule has 0 aliphatic heterocycles. The van der Waals surface area contributed by atoms with E-state index < -0.39 is 0 Å². The number of aromatic nitrogens is 1. The Morgan fingerprint density at radius 2 is 1.90 bits per heavy atom. The number of nitrogens with zero attached hydrogens (tertiary/aromatic N) is 1. The van der Waals surface area contributed by atoms with Crippen LogP contribution in [0.3, 0.4) is 0 Å². The second-order valence-electron chi connectivity index (χ2n) is 4.90. The van der Waals surface area contributed by atoms with E-state index in [2.05, 4.69) is 18.4 Å². The molecule has 100 valence electrons. The number of hydrogen-bond donors (Lipinski definition) is 0. The van der Waals surface area contributed by atoms with Crippen molar-refractivity contribution >= 4 is 11.3 Å². The van der Waals surface area contributed by atoms with E-state index in [9.17, 15) is 4.79 Å². The normalized spacial score (nSPS) is 10.7. The summed E-state index contributed by atoms with van der Waals surface area (Å²) in [5.74, 6) is 0. The Hall–Kier alpha value is -2.13. The molecule has 0 unspecified atom stereocenters. The quantitative estimate of drug-likeness (QED) is 0.690. The van der Waals surface area contributed by atoms with Crippen molar-refractivity contribution in [1.29, 1.82) is 0 Å². The molecule has 0 aliphatic rings. The van der Waals surface area contributed by atoms with Gasteiger partial charge in [0.15, 0.2) is 0 Å². The summed E-state index contributed by atoms with van der Waals surface area (Å²) in [6.07, 6.45) is 1.93. The molecule has 0 aliphatic carbocycles. The second kappa shape index (κ2) is 5.10. The highest BCUT2D eigenvalue weighted by molar-refractivity contribution is 7.13. The molecule has 0 saturated carbocycles. The Labute approximate surface area is 122 Å². The lowest BCUT2D eigenvalue weighted by atomic mass is 10.1. The van der Waals surface area contributed by atoms with Crippen LogP contribution in [0, 0.1) is 13.8 Å². The molecule has 2 nitrogen and oxygen atoms in total. The molecule has 0 spiro atoms. The highest BCUT2D eigenvalue weighted by atomic mass is 32.1. The molecule has 2 aromatic heterocycles. The molecule has 0 radical (unpaired) electrons. The fourth-order valence-corrected chi connectivity index (χ4v) is 3.19. The van der Waals surface area contributed by atoms with E-state index in [1.807, 2.05) is 43.5 Å². The van der Waals surface area contributed by atoms with Gasteiger partial charge in [-0.05, 0) is 54.6 Å². The van der Waals surface area contributed by atoms with Crippen molar-refractivity contribution < 1.29 is 0 Å². The van der Waals surface area contributed by atoms with Gasteiger partial charge in [0, 0.05) is 28.4 Å². The monoisotopic (exact) mass is 281 g/mol. The second-order valence-corrected chi connectivity index (χ2v) is 5.81. The maximum Gasteiger partial charge on any atom is 0.255 e. The summed E-state index contributed by atoms with van der Waals surface area (Å²) in [6, 6.07) is 13.6. The Morgan fingerprint density at radius 3 is 2.60 bits per heavy atom. The van der Waals surface area contributed by atoms with Crippen molar-refractivity contribution in [1.82, 2.24) is 4.57 Å². The van der Waals surface area contributed by atoms with Crippen molar-refractivity contribution in [2.75, 3.05) is 0 Å². The zero-order chi connectivity index (χ0) is 14.1. The summed E-state index contributed by atoms with van der Waals surface area (Å²) in [5, 5.41) is 2.08. The van der Waals surface area contributed by atoms with E-state index in [1.165, 1.54) is 10.4 Å². The molecular formula is C17H15NOS. The molecule has 0 amide bonds. The summed E-state index contributed by atoms with van der Waals surface area (Å²) in [4.78, 5) is 13.3. The molecule has 3 heteroatoms. The minimum absolute atomic E-state index is 0.00596. The van der Waals surface area contributed by atoms with E-state index >= 15 is 0 Å². The smallest absolute Gasteiger partial charge is 0.255 e. The van der Waals surface area contributed by atoms with Crippen LogP contribution in [0.2, 0.25) is 0 Å². The zero-order valence-electron chi connectivity index (χ0n) is 11.5. The van der Waals surface area contributed by atoms with Crippen LogP contribution >= 0.6 is 11.3 Å². The number of thiophene rings is 1. The topological polar surface area (TPSA) is 22.0 Å². The van der Waals surface area contributed by atoms with Gasteiger partial charge in [0.2, 0.25) is 0 Å². The average molecular weight is 281 g/mol. The predicted octanol–water partition coefficient (Wildman–Crippen LogP) is 4.18. The van der Waals surface area contributed by atoms with Crippen LogP contribution in [0.1, 0.15) is 11.1 Å². The molecule has 0 fully saturated rings. The maximum absolute atomic E-state index is 12.1. The SMILES string of the molecule is Cc1cccc(-n2cc(-c3sccc3C)ccc2=O)c1. The van der Waals surface area contributed by atoms with Gasteiger partial charge in [-0.3, -0.25) is 9.36 Å². The lowest BCUT2D eigenvalue weighted by Crippen LogP contribution is -2.16. The summed E-state index contributed by atoms with van der Waals surface area (Å²) >= 11 is 1.70. The predicted molar refractivity (Wildman–Crippen MR) is 84.8 cm³/mol. The third-order valence-electron chi connectivity index (χ3n) is 3.32. The van der Waals surface area contributed by atoms with Crippen LogP contribution in [-0.2, 0) is 0 Å². The first-order valence-corrected chi connectivity index (χ1v) is 7.37. The highest BCUT2D eigenvalue weighted by Gasteiger charge is 2.06. The molecule has 0 bridgehead atoms. The van der Waals surface area contributed by atoms with Crippen LogP contribution in [0.15, 0.2) is 58.8 Å². The van der Waals surface area contributed by atoms with Gasteiger partial charge in [-0.2, -0.15) is 0 Å². The molecule has 2 heterocycles. The van der Waals surface area contributed by atoms with E-state index in [0.717, 1.165) is 16.8 Å². The summed E-state index contributed by atoms with van der Waals surface area (Å²) in [6.45, 7) is 4.12. The summed E-state index contributed by atoms with van der Waals surface area (Å²) in [7, 11) is 0. The van der Waals surface area contributed by atoms with Crippen LogP contribution in [-0.4, -0.2) is 4.57 Å². The molecule has 3 rings (SSSR count). The standard InChI is InChI=1S/C17H15NOS/c1-12-4-3-5-15(10-12)18-11-14(6-7-16(18)19)17-13(2)8-9-20-17/h3-11H,1-2H3. The Morgan fingerprint density at radius 1 is 1.05 bits per heavy atom. The van der Waals surface area contributed by atoms with Gasteiger partial charge < -0.3 is 0 Å². The van der Waals surface area contributed by atoms with E-state index in [1.54, 1.807) is 22.0 Å². The molecule has 0 atom stereocenters. The summed E-state index contributed by atoms with van der Waals surface area (Å²) < 4.78 is 1.71. The van der Waals surface area contributed by atoms with Crippen molar-refractivity contribution in [3.8, 4) is 16.1 Å². The Bertz CT molecular complexity index is 814. The van der Waals surface area contributed by atoms with Crippen LogP contribution in [0.4, 0.5) is 0 Å². The minimum Gasteiger partial charge on any atom is -0.284 e. The Kier molecular flexibility index (Phi) is 3.28. The minimum atomic E-state index is -0.00596. The van der Waals surface area contributed by atoms with Crippen molar-refractivity contribution in [3.63, 3.8) is 0 Å². The maximum atomic E-state index is 12.1. The fraction of sp³-hybridized carbons (Fsp3) is 0.118. The van der Waals surface area contributed by atoms with Crippen LogP contribution in [0.25, 0.3) is 16.1 Å². The first-order valence-electron chi connectivity index (χ1n) is 6.49. The average Bonchev–Trinajstić information content (AvgIpc) is 2.86. The van der Waals surface area contributed by atoms with Gasteiger partial charge in [-0.15, -0.1) is 11.3 Å². The number of hydrogen-bond acceptors (Lipinski definition) is 2. The summed E-state index contributed by atoms with van der Waals surface area (Å²) in [5.41, 5.74) is 4.37. The van der Waals surface area contributed by atoms with Crippen molar-refractivity contribution in [2.24, 2.45) is 0 Å². The third kappa shape index (κ3) is 2.32. The van der Waals surface area contributed by atoms with E-state index in [4.69, 9.17) is 0 Å². The lowest BCUT2D eigenvalue weighted by Gasteiger charge is -2.09. The largest absolute Gasteiger partial charge is 0.284 e. The lowest BCUT2D eigenvalue weighted by molar-refractivity contribution is 0.990. The first kappa shape index (κ1) is 12.9. The fourth-order valence-electron chi connectivity index (χ4n) is 2.27. The van der Waals surface area contributed by atoms with E-state index in [0.29, 0.717) is 0 Å². The molecule has 1 aromatic carbocycles. The number of rotatable bonds is 2. The van der Waals surface area contributed by atoms with Gasteiger partial charge in [0.1, 0.15) is 0 Å². The highest BCUT2D eigenvalue weighted by Crippen LogP contribution is 2.28. The van der Waals surface area contributed by atoms with Gasteiger partial charge in [-0.1, -0.05) is 12.1 Å². The number of benzene rings is 1. The van der Waals surface area contributed by atoms with Crippen molar-refractivity contribution in [2.45, 2.75) is 13.8 Å². The van der Waals surface area contributed by atoms with E-state index in [-0.39, 0.29) is 5.56 Å². The van der Waals surface area contributed by atoms with Crippen LogP contribution in [0.5, 0.6) is 0 Å². The zero-order valence-corrected chi connectivity index (χ0v) is 12.3. The molecule has 0 N–H and O–H groups in total. The third-order valence-corrected chi connectivity index (χ3v) is 4.38. The van der Waals surface area contributed by atoms with Gasteiger partial charge in [0.05, 0.1) is 0 Å². The van der Waals surface area contributed by atoms with Crippen LogP contribution < -0.4 is 5.56 Å². The first-order chi connectivity index (χ1) is 9.65. The van der Waals surface area contributed by atoms with Gasteiger partial charge >= 0.3 is 0 Å².